The van der Waals surface area contributed by atoms with E-state index in [9.17, 15) is 5.26 Å². The summed E-state index contributed by atoms with van der Waals surface area (Å²) in [6.45, 7) is 6.66. The van der Waals surface area contributed by atoms with E-state index in [1.165, 1.54) is 34.1 Å². The summed E-state index contributed by atoms with van der Waals surface area (Å²) in [5.41, 5.74) is 3.16. The second-order valence-corrected chi connectivity index (χ2v) is 7.90. The Morgan fingerprint density at radius 3 is 2.81 bits per heavy atom. The van der Waals surface area contributed by atoms with Crippen molar-refractivity contribution in [1.29, 1.82) is 5.26 Å². The fourth-order valence-electron chi connectivity index (χ4n) is 3.72. The zero-order chi connectivity index (χ0) is 17.8. The standard InChI is InChI=1S/C21H24N4S/c22-16-17-7-8-21-19(15-17)25(18-5-1-2-6-20(18)26-21)13-4-12-24-11-3-9-23-10-14-24/h1-2,5-8,15,23H,3-4,9-14H2. The summed E-state index contributed by atoms with van der Waals surface area (Å²) in [5.74, 6) is 0. The molecule has 0 spiro atoms. The van der Waals surface area contributed by atoms with Gasteiger partial charge in [0.25, 0.3) is 0 Å². The van der Waals surface area contributed by atoms with Crippen molar-refractivity contribution in [2.24, 2.45) is 0 Å². The number of hydrogen-bond acceptors (Lipinski definition) is 5. The third-order valence-corrected chi connectivity index (χ3v) is 6.17. The smallest absolute Gasteiger partial charge is 0.0992 e. The van der Waals surface area contributed by atoms with E-state index in [4.69, 9.17) is 0 Å². The van der Waals surface area contributed by atoms with Gasteiger partial charge in [-0.2, -0.15) is 5.26 Å². The molecule has 0 aliphatic carbocycles. The lowest BCUT2D eigenvalue weighted by molar-refractivity contribution is 0.290. The van der Waals surface area contributed by atoms with Gasteiger partial charge < -0.3 is 15.1 Å². The predicted molar refractivity (Wildman–Crippen MR) is 107 cm³/mol. The Kier molecular flexibility index (Phi) is 5.45. The van der Waals surface area contributed by atoms with E-state index in [1.807, 2.05) is 12.1 Å². The van der Waals surface area contributed by atoms with Crippen molar-refractivity contribution in [2.45, 2.75) is 22.6 Å². The van der Waals surface area contributed by atoms with E-state index in [0.717, 1.165) is 44.7 Å². The average molecular weight is 365 g/mol. The van der Waals surface area contributed by atoms with Crippen LogP contribution in [0.1, 0.15) is 18.4 Å². The number of fused-ring (bicyclic) bond motifs is 2. The molecule has 1 N–H and O–H groups in total. The summed E-state index contributed by atoms with van der Waals surface area (Å²) in [5, 5.41) is 12.8. The largest absolute Gasteiger partial charge is 0.340 e. The molecule has 0 saturated carbocycles. The average Bonchev–Trinajstić information content (AvgIpc) is 2.96. The Labute approximate surface area is 159 Å². The summed E-state index contributed by atoms with van der Waals surface area (Å²) >= 11 is 1.80. The van der Waals surface area contributed by atoms with Gasteiger partial charge >= 0.3 is 0 Å². The first-order valence-electron chi connectivity index (χ1n) is 9.37. The van der Waals surface area contributed by atoms with Gasteiger partial charge in [0.05, 0.1) is 23.0 Å². The Bertz CT molecular complexity index is 806. The molecule has 1 fully saturated rings. The lowest BCUT2D eigenvalue weighted by atomic mass is 10.1. The van der Waals surface area contributed by atoms with E-state index in [-0.39, 0.29) is 0 Å². The molecule has 2 aromatic carbocycles. The van der Waals surface area contributed by atoms with Crippen LogP contribution >= 0.6 is 11.8 Å². The fourth-order valence-corrected chi connectivity index (χ4v) is 4.79. The molecule has 0 radical (unpaired) electrons. The van der Waals surface area contributed by atoms with E-state index in [2.05, 4.69) is 51.5 Å². The molecule has 0 bridgehead atoms. The minimum atomic E-state index is 0.729. The second-order valence-electron chi connectivity index (χ2n) is 6.81. The van der Waals surface area contributed by atoms with Crippen LogP contribution in [-0.2, 0) is 0 Å². The molecule has 4 rings (SSSR count). The van der Waals surface area contributed by atoms with Gasteiger partial charge in [0.15, 0.2) is 0 Å². The number of rotatable bonds is 4. The van der Waals surface area contributed by atoms with Gasteiger partial charge in [-0.15, -0.1) is 0 Å². The molecule has 0 unspecified atom stereocenters. The minimum Gasteiger partial charge on any atom is -0.340 e. The molecular weight excluding hydrogens is 340 g/mol. The zero-order valence-electron chi connectivity index (χ0n) is 14.9. The lowest BCUT2D eigenvalue weighted by Gasteiger charge is -2.33. The van der Waals surface area contributed by atoms with Crippen LogP contribution in [0.15, 0.2) is 52.3 Å². The van der Waals surface area contributed by atoms with E-state index in [0.29, 0.717) is 0 Å². The highest BCUT2D eigenvalue weighted by Crippen LogP contribution is 2.48. The quantitative estimate of drug-likeness (QED) is 0.893. The van der Waals surface area contributed by atoms with Crippen LogP contribution in [0.25, 0.3) is 0 Å². The lowest BCUT2D eigenvalue weighted by Crippen LogP contribution is -2.31. The van der Waals surface area contributed by atoms with Crippen molar-refractivity contribution in [2.75, 3.05) is 44.2 Å². The normalized spacial score (nSPS) is 17.1. The number of nitriles is 1. The molecule has 2 heterocycles. The third kappa shape index (κ3) is 3.73. The van der Waals surface area contributed by atoms with Gasteiger partial charge in [0.2, 0.25) is 0 Å². The molecule has 0 atom stereocenters. The Morgan fingerprint density at radius 1 is 1.00 bits per heavy atom. The summed E-state index contributed by atoms with van der Waals surface area (Å²) in [6.07, 6.45) is 2.35. The predicted octanol–water partition coefficient (Wildman–Crippen LogP) is 3.85. The van der Waals surface area contributed by atoms with Crippen LogP contribution in [0.3, 0.4) is 0 Å². The SMILES string of the molecule is N#Cc1ccc2c(c1)N(CCCN1CCCNCC1)c1ccccc1S2. The van der Waals surface area contributed by atoms with Crippen molar-refractivity contribution >= 4 is 23.1 Å². The second kappa shape index (κ2) is 8.13. The molecule has 2 aliphatic heterocycles. The van der Waals surface area contributed by atoms with E-state index in [1.54, 1.807) is 11.8 Å². The minimum absolute atomic E-state index is 0.729. The molecule has 134 valence electrons. The maximum absolute atomic E-state index is 9.31. The summed E-state index contributed by atoms with van der Waals surface area (Å²) in [4.78, 5) is 7.50. The van der Waals surface area contributed by atoms with Crippen LogP contribution < -0.4 is 10.2 Å². The molecule has 26 heavy (non-hydrogen) atoms. The van der Waals surface area contributed by atoms with E-state index < -0.39 is 0 Å². The number of para-hydroxylation sites is 1. The third-order valence-electron chi connectivity index (χ3n) is 5.04. The molecular formula is C21H24N4S. The van der Waals surface area contributed by atoms with Crippen LogP contribution in [0, 0.1) is 11.3 Å². The van der Waals surface area contributed by atoms with Crippen molar-refractivity contribution < 1.29 is 0 Å². The van der Waals surface area contributed by atoms with Crippen LogP contribution in [0.4, 0.5) is 11.4 Å². The maximum Gasteiger partial charge on any atom is 0.0992 e. The molecule has 2 aliphatic rings. The van der Waals surface area contributed by atoms with Gasteiger partial charge in [-0.05, 0) is 62.8 Å². The maximum atomic E-state index is 9.31. The van der Waals surface area contributed by atoms with Gasteiger partial charge in [0.1, 0.15) is 0 Å². The Hall–Kier alpha value is -2.00. The molecule has 0 amide bonds. The van der Waals surface area contributed by atoms with Crippen molar-refractivity contribution in [3.05, 3.63) is 48.0 Å². The molecule has 0 aromatic heterocycles. The number of nitrogens with zero attached hydrogens (tertiary/aromatic N) is 3. The summed E-state index contributed by atoms with van der Waals surface area (Å²) in [7, 11) is 0. The van der Waals surface area contributed by atoms with Gasteiger partial charge in [-0.25, -0.2) is 0 Å². The monoisotopic (exact) mass is 364 g/mol. The number of nitrogens with one attached hydrogen (secondary N) is 1. The summed E-state index contributed by atoms with van der Waals surface area (Å²) in [6, 6.07) is 16.9. The molecule has 5 heteroatoms. The topological polar surface area (TPSA) is 42.3 Å². The van der Waals surface area contributed by atoms with Gasteiger partial charge in [0, 0.05) is 29.4 Å². The van der Waals surface area contributed by atoms with E-state index >= 15 is 0 Å². The summed E-state index contributed by atoms with van der Waals surface area (Å²) < 4.78 is 0. The van der Waals surface area contributed by atoms with Gasteiger partial charge in [-0.1, -0.05) is 23.9 Å². The van der Waals surface area contributed by atoms with Crippen LogP contribution in [-0.4, -0.2) is 44.2 Å². The zero-order valence-corrected chi connectivity index (χ0v) is 15.8. The highest BCUT2D eigenvalue weighted by atomic mass is 32.2. The van der Waals surface area contributed by atoms with Crippen LogP contribution in [0.2, 0.25) is 0 Å². The fraction of sp³-hybridized carbons (Fsp3) is 0.381. The van der Waals surface area contributed by atoms with Crippen molar-refractivity contribution in [3.8, 4) is 6.07 Å². The molecule has 4 nitrogen and oxygen atoms in total. The molecule has 1 saturated heterocycles. The number of hydrogen-bond donors (Lipinski definition) is 1. The Morgan fingerprint density at radius 2 is 1.88 bits per heavy atom. The first-order chi connectivity index (χ1) is 12.8. The first kappa shape index (κ1) is 17.4. The highest BCUT2D eigenvalue weighted by Gasteiger charge is 2.23. The van der Waals surface area contributed by atoms with Crippen LogP contribution in [0.5, 0.6) is 0 Å². The highest BCUT2D eigenvalue weighted by molar-refractivity contribution is 7.99. The van der Waals surface area contributed by atoms with Crippen molar-refractivity contribution in [1.82, 2.24) is 10.2 Å². The van der Waals surface area contributed by atoms with Gasteiger partial charge in [-0.3, -0.25) is 0 Å². The Balaban J connectivity index is 1.53. The number of benzene rings is 2. The first-order valence-corrected chi connectivity index (χ1v) is 10.2. The molecule has 2 aromatic rings. The van der Waals surface area contributed by atoms with Crippen molar-refractivity contribution in [3.63, 3.8) is 0 Å². The number of anilines is 2.